The van der Waals surface area contributed by atoms with Crippen LogP contribution in [0.1, 0.15) is 0 Å². The van der Waals surface area contributed by atoms with Gasteiger partial charge < -0.3 is 22.9 Å². The Labute approximate surface area is 146 Å². The monoisotopic (exact) mass is 372 g/mol. The molecule has 0 amide bonds. The van der Waals surface area contributed by atoms with Gasteiger partial charge in [-0.05, 0) is 0 Å². The molecule has 0 saturated heterocycles. The molecule has 0 spiro atoms. The first kappa shape index (κ1) is 36.4. The van der Waals surface area contributed by atoms with Gasteiger partial charge in [-0.3, -0.25) is 6.79 Å². The predicted octanol–water partition coefficient (Wildman–Crippen LogP) is 2.95. The molecule has 0 fully saturated rings. The fourth-order valence-corrected chi connectivity index (χ4v) is 0.642. The van der Waals surface area contributed by atoms with Crippen molar-refractivity contribution in [2.75, 3.05) is 0 Å². The van der Waals surface area contributed by atoms with E-state index in [-0.39, 0.29) is 34.1 Å². The van der Waals surface area contributed by atoms with E-state index in [0.29, 0.717) is 0 Å². The van der Waals surface area contributed by atoms with E-state index in [1.807, 2.05) is 60.7 Å². The van der Waals surface area contributed by atoms with Crippen LogP contribution in [0.3, 0.4) is 0 Å². The molecule has 3 nitrogen and oxygen atoms in total. The van der Waals surface area contributed by atoms with Gasteiger partial charge in [0, 0.05) is 17.1 Å². The third-order valence-electron chi connectivity index (χ3n) is 1.11. The van der Waals surface area contributed by atoms with Crippen LogP contribution in [0.2, 0.25) is 0 Å². The van der Waals surface area contributed by atoms with Crippen molar-refractivity contribution < 1.29 is 48.2 Å². The summed E-state index contributed by atoms with van der Waals surface area (Å²) in [7, 11) is 0. The SMILES string of the molecule is [C-]#[O+].[C-]#[O+].[CH-]=O.[CH-]=S.[Fe+5].[Fe].c1cc[cH-]c1.c1cc[cH-]c1. The van der Waals surface area contributed by atoms with Crippen molar-refractivity contribution >= 4 is 24.9 Å². The molecular weight excluding hydrogens is 360 g/mol. The average Bonchev–Trinajstić information content (AvgIpc) is 3.25. The second-order valence-corrected chi connectivity index (χ2v) is 1.92. The molecule has 0 N–H and O–H groups in total. The van der Waals surface area contributed by atoms with E-state index in [9.17, 15) is 0 Å². The summed E-state index contributed by atoms with van der Waals surface area (Å²) < 4.78 is 15.0. The number of carbonyl (C=O) groups excluding carboxylic acids is 1. The van der Waals surface area contributed by atoms with Gasteiger partial charge in [-0.1, -0.05) is 0 Å². The van der Waals surface area contributed by atoms with Crippen molar-refractivity contribution in [3.05, 3.63) is 74.0 Å². The van der Waals surface area contributed by atoms with E-state index < -0.39 is 0 Å². The van der Waals surface area contributed by atoms with Gasteiger partial charge in [-0.15, -0.1) is 0 Å². The third-order valence-corrected chi connectivity index (χ3v) is 1.11. The summed E-state index contributed by atoms with van der Waals surface area (Å²) in [6.45, 7) is 12.2. The molecule has 6 heteroatoms. The first-order valence-electron chi connectivity index (χ1n) is 4.21. The Kier molecular flexibility index (Phi) is 117. The largest absolute Gasteiger partial charge is 5.00 e. The van der Waals surface area contributed by atoms with Crippen LogP contribution in [0.5, 0.6) is 0 Å². The molecule has 0 saturated carbocycles. The van der Waals surface area contributed by atoms with Gasteiger partial charge in [0.1, 0.15) is 0 Å². The minimum atomic E-state index is 0. The summed E-state index contributed by atoms with van der Waals surface area (Å²) in [6.07, 6.45) is 0. The molecular formula is C14H12Fe2O3S+. The normalized spacial score (nSPS) is 4.60. The Hall–Kier alpha value is -1.02. The summed E-state index contributed by atoms with van der Waals surface area (Å²) >= 11 is 3.58. The van der Waals surface area contributed by atoms with Crippen LogP contribution in [-0.4, -0.2) is 12.7 Å². The molecule has 0 bridgehead atoms. The number of hydrogen-bond acceptors (Lipinski definition) is 2. The molecule has 2 aromatic carbocycles. The van der Waals surface area contributed by atoms with Crippen LogP contribution in [-0.2, 0) is 48.2 Å². The molecule has 20 heavy (non-hydrogen) atoms. The Bertz CT molecular complexity index is 250. The first-order chi connectivity index (χ1) is 9.00. The van der Waals surface area contributed by atoms with Gasteiger partial charge in [0.2, 0.25) is 0 Å². The summed E-state index contributed by atoms with van der Waals surface area (Å²) in [6, 6.07) is 20.0. The van der Waals surface area contributed by atoms with Crippen molar-refractivity contribution in [3.8, 4) is 0 Å². The zero-order valence-electron chi connectivity index (χ0n) is 10.3. The fourth-order valence-electron chi connectivity index (χ4n) is 0.642. The van der Waals surface area contributed by atoms with Crippen LogP contribution in [0.15, 0.2) is 60.7 Å². The summed E-state index contributed by atoms with van der Waals surface area (Å²) in [5.41, 5.74) is 0. The molecule has 0 aromatic heterocycles. The quantitative estimate of drug-likeness (QED) is 0.235. The van der Waals surface area contributed by atoms with Gasteiger partial charge >= 0.3 is 39.7 Å². The van der Waals surface area contributed by atoms with Gasteiger partial charge in [0.15, 0.2) is 0 Å². The van der Waals surface area contributed by atoms with E-state index in [2.05, 4.69) is 38.2 Å². The van der Waals surface area contributed by atoms with Crippen LogP contribution >= 0.6 is 12.2 Å². The average molecular weight is 372 g/mol. The van der Waals surface area contributed by atoms with Crippen molar-refractivity contribution in [3.63, 3.8) is 0 Å². The molecule has 107 valence electrons. The molecule has 0 aliphatic heterocycles. The molecule has 0 aliphatic rings. The van der Waals surface area contributed by atoms with Crippen LogP contribution in [0.4, 0.5) is 0 Å². The number of hydrogen-bond donors (Lipinski definition) is 0. The fraction of sp³-hybridized carbons (Fsp3) is 0. The third kappa shape index (κ3) is 53.8. The molecule has 0 aliphatic carbocycles. The zero-order valence-corrected chi connectivity index (χ0v) is 13.3. The van der Waals surface area contributed by atoms with Gasteiger partial charge in [-0.25, -0.2) is 24.3 Å². The predicted molar refractivity (Wildman–Crippen MR) is 72.3 cm³/mol. The van der Waals surface area contributed by atoms with Crippen molar-refractivity contribution in [2.24, 2.45) is 0 Å². The molecule has 0 unspecified atom stereocenters. The minimum absolute atomic E-state index is 0. The van der Waals surface area contributed by atoms with Gasteiger partial charge in [0.05, 0.1) is 0 Å². The smallest absolute Gasteiger partial charge is 0.545 e. The Morgan fingerprint density at radius 2 is 0.900 bits per heavy atom. The van der Waals surface area contributed by atoms with Gasteiger partial charge in [-0.2, -0.15) is 36.4 Å². The van der Waals surface area contributed by atoms with Crippen LogP contribution in [0, 0.1) is 13.3 Å². The van der Waals surface area contributed by atoms with Crippen LogP contribution in [0.25, 0.3) is 0 Å². The maximum Gasteiger partial charge on any atom is 5.00 e. The topological polar surface area (TPSA) is 56.9 Å². The maximum atomic E-state index is 7.75. The number of thiocarbonyl (C=S) groups is 1. The molecule has 2 rings (SSSR count). The second kappa shape index (κ2) is 64.3. The maximum absolute atomic E-state index is 7.75. The number of rotatable bonds is 0. The van der Waals surface area contributed by atoms with E-state index in [4.69, 9.17) is 14.1 Å². The first-order valence-corrected chi connectivity index (χ1v) is 4.68. The summed E-state index contributed by atoms with van der Waals surface area (Å²) in [5, 5.41) is 0. The van der Waals surface area contributed by atoms with E-state index in [1.165, 1.54) is 0 Å². The van der Waals surface area contributed by atoms with Gasteiger partial charge in [0.25, 0.3) is 0 Å². The molecule has 0 heterocycles. The van der Waals surface area contributed by atoms with Crippen LogP contribution < -0.4 is 0 Å². The summed E-state index contributed by atoms with van der Waals surface area (Å²) in [5.74, 6) is 4.08. The summed E-state index contributed by atoms with van der Waals surface area (Å²) in [4.78, 5) is 7.75. The van der Waals surface area contributed by atoms with Crippen molar-refractivity contribution in [1.29, 1.82) is 0 Å². The van der Waals surface area contributed by atoms with E-state index in [1.54, 1.807) is 0 Å². The van der Waals surface area contributed by atoms with Crippen molar-refractivity contribution in [1.82, 2.24) is 0 Å². The molecule has 1 radical (unpaired) electrons. The van der Waals surface area contributed by atoms with Crippen molar-refractivity contribution in [2.45, 2.75) is 0 Å². The van der Waals surface area contributed by atoms with E-state index >= 15 is 0 Å². The Balaban J connectivity index is -0.0000000311. The van der Waals surface area contributed by atoms with E-state index in [0.717, 1.165) is 0 Å². The zero-order chi connectivity index (χ0) is 15.1. The Morgan fingerprint density at radius 3 is 0.950 bits per heavy atom. The Morgan fingerprint density at radius 1 is 0.750 bits per heavy atom. The second-order valence-electron chi connectivity index (χ2n) is 1.92. The molecule has 2 aromatic rings. The molecule has 0 atom stereocenters. The minimum Gasteiger partial charge on any atom is -0.545 e. The standard InChI is InChI=1S/2C5H5.CHO.2CO.CHS.2Fe/c2*1-2-4-5-3-1;4*1-2;;/h2*1-5H;1H;;;1H;;/q3*-1;;;-1;;+5.